The maximum Gasteiger partial charge on any atom is 0.337 e. The van der Waals surface area contributed by atoms with Gasteiger partial charge in [0.25, 0.3) is 0 Å². The predicted octanol–water partition coefficient (Wildman–Crippen LogP) is 2.29. The first-order chi connectivity index (χ1) is 9.65. The number of aromatic nitrogens is 2. The summed E-state index contributed by atoms with van der Waals surface area (Å²) in [6.45, 7) is 0.720. The average Bonchev–Trinajstić information content (AvgIpc) is 2.82. The number of fused-ring (bicyclic) bond motifs is 1. The fourth-order valence-corrected chi connectivity index (χ4v) is 3.14. The second-order valence-corrected chi connectivity index (χ2v) is 5.56. The Morgan fingerprint density at radius 3 is 3.00 bits per heavy atom. The van der Waals surface area contributed by atoms with E-state index in [9.17, 15) is 15.0 Å². The van der Waals surface area contributed by atoms with Crippen molar-refractivity contribution >= 4 is 17.0 Å². The molecule has 1 fully saturated rings. The smallest absolute Gasteiger partial charge is 0.337 e. The summed E-state index contributed by atoms with van der Waals surface area (Å²) < 4.78 is 1.92. The molecule has 0 amide bonds. The predicted molar refractivity (Wildman–Crippen MR) is 74.7 cm³/mol. The van der Waals surface area contributed by atoms with Crippen molar-refractivity contribution in [2.24, 2.45) is 5.92 Å². The minimum absolute atomic E-state index is 0.220. The van der Waals surface area contributed by atoms with E-state index >= 15 is 0 Å². The van der Waals surface area contributed by atoms with Gasteiger partial charge in [0.05, 0.1) is 29.0 Å². The molecule has 0 bridgehead atoms. The molecule has 1 aromatic carbocycles. The van der Waals surface area contributed by atoms with Crippen LogP contribution in [0.2, 0.25) is 0 Å². The number of aliphatic hydroxyl groups excluding tert-OH is 1. The molecule has 0 aliphatic heterocycles. The third-order valence-corrected chi connectivity index (χ3v) is 4.08. The minimum atomic E-state index is -0.930. The fourth-order valence-electron chi connectivity index (χ4n) is 3.14. The number of carboxylic acids is 1. The first-order valence-electron chi connectivity index (χ1n) is 7.00. The van der Waals surface area contributed by atoms with Gasteiger partial charge in [-0.15, -0.1) is 0 Å². The summed E-state index contributed by atoms with van der Waals surface area (Å²) in [5, 5.41) is 19.0. The van der Waals surface area contributed by atoms with Crippen LogP contribution in [0, 0.1) is 5.92 Å². The van der Waals surface area contributed by atoms with Gasteiger partial charge >= 0.3 is 5.97 Å². The number of rotatable bonds is 3. The number of benzene rings is 1. The number of carboxylic acid groups (broad SMARTS) is 1. The Morgan fingerprint density at radius 1 is 1.40 bits per heavy atom. The number of aliphatic hydroxyl groups is 1. The van der Waals surface area contributed by atoms with E-state index in [1.807, 2.05) is 10.6 Å². The van der Waals surface area contributed by atoms with Crippen LogP contribution in [0.15, 0.2) is 24.5 Å². The number of hydrogen-bond acceptors (Lipinski definition) is 3. The van der Waals surface area contributed by atoms with Gasteiger partial charge in [-0.25, -0.2) is 9.78 Å². The zero-order valence-electron chi connectivity index (χ0n) is 11.2. The molecule has 20 heavy (non-hydrogen) atoms. The van der Waals surface area contributed by atoms with E-state index in [-0.39, 0.29) is 11.7 Å². The normalized spacial score (nSPS) is 23.1. The van der Waals surface area contributed by atoms with E-state index < -0.39 is 5.97 Å². The van der Waals surface area contributed by atoms with Gasteiger partial charge in [-0.3, -0.25) is 0 Å². The van der Waals surface area contributed by atoms with Crippen LogP contribution in [0.3, 0.4) is 0 Å². The first-order valence-corrected chi connectivity index (χ1v) is 7.00. The lowest BCUT2D eigenvalue weighted by molar-refractivity contribution is 0.0697. The highest BCUT2D eigenvalue weighted by Crippen LogP contribution is 2.27. The third kappa shape index (κ3) is 2.41. The van der Waals surface area contributed by atoms with Crippen molar-refractivity contribution in [2.45, 2.75) is 38.3 Å². The van der Waals surface area contributed by atoms with Gasteiger partial charge in [-0.2, -0.15) is 0 Å². The molecule has 5 heteroatoms. The fraction of sp³-hybridized carbons (Fsp3) is 0.467. The van der Waals surface area contributed by atoms with Crippen LogP contribution in [-0.2, 0) is 6.54 Å². The molecule has 1 aliphatic carbocycles. The van der Waals surface area contributed by atoms with Gasteiger partial charge in [0.2, 0.25) is 0 Å². The summed E-state index contributed by atoms with van der Waals surface area (Å²) in [5.74, 6) is -0.543. The van der Waals surface area contributed by atoms with Crippen LogP contribution in [0.5, 0.6) is 0 Å². The Labute approximate surface area is 116 Å². The Hall–Kier alpha value is -1.88. The molecule has 0 saturated heterocycles. The summed E-state index contributed by atoms with van der Waals surface area (Å²) in [5.41, 5.74) is 1.68. The molecular formula is C15H18N2O3. The average molecular weight is 274 g/mol. The quantitative estimate of drug-likeness (QED) is 0.900. The second kappa shape index (κ2) is 5.25. The van der Waals surface area contributed by atoms with E-state index in [4.69, 9.17) is 0 Å². The monoisotopic (exact) mass is 274 g/mol. The largest absolute Gasteiger partial charge is 0.478 e. The van der Waals surface area contributed by atoms with E-state index in [0.29, 0.717) is 17.0 Å². The van der Waals surface area contributed by atoms with E-state index in [1.165, 1.54) is 0 Å². The number of para-hydroxylation sites is 1. The van der Waals surface area contributed by atoms with Crippen LogP contribution in [0.4, 0.5) is 0 Å². The van der Waals surface area contributed by atoms with Crippen molar-refractivity contribution in [3.05, 3.63) is 30.1 Å². The number of carbonyl (C=O) groups is 1. The molecule has 2 atom stereocenters. The van der Waals surface area contributed by atoms with Gasteiger partial charge in [-0.1, -0.05) is 12.5 Å². The van der Waals surface area contributed by atoms with Crippen molar-refractivity contribution in [3.8, 4) is 0 Å². The first kappa shape index (κ1) is 13.1. The van der Waals surface area contributed by atoms with E-state index in [2.05, 4.69) is 4.98 Å². The van der Waals surface area contributed by atoms with Crippen LogP contribution in [0.25, 0.3) is 11.0 Å². The highest BCUT2D eigenvalue weighted by molar-refractivity contribution is 6.01. The number of hydrogen-bond donors (Lipinski definition) is 2. The van der Waals surface area contributed by atoms with Crippen molar-refractivity contribution in [1.29, 1.82) is 0 Å². The molecule has 1 heterocycles. The Morgan fingerprint density at radius 2 is 2.25 bits per heavy atom. The molecule has 0 radical (unpaired) electrons. The van der Waals surface area contributed by atoms with Gasteiger partial charge in [-0.05, 0) is 37.3 Å². The van der Waals surface area contributed by atoms with Crippen molar-refractivity contribution in [3.63, 3.8) is 0 Å². The van der Waals surface area contributed by atoms with Crippen molar-refractivity contribution in [2.75, 3.05) is 0 Å². The summed E-state index contributed by atoms with van der Waals surface area (Å²) >= 11 is 0. The third-order valence-electron chi connectivity index (χ3n) is 4.08. The number of nitrogens with zero attached hydrogens (tertiary/aromatic N) is 2. The Kier molecular flexibility index (Phi) is 3.44. The topological polar surface area (TPSA) is 75.3 Å². The molecule has 1 aromatic heterocycles. The lowest BCUT2D eigenvalue weighted by Crippen LogP contribution is -2.23. The lowest BCUT2D eigenvalue weighted by atomic mass is 9.87. The molecule has 2 N–H and O–H groups in total. The second-order valence-electron chi connectivity index (χ2n) is 5.56. The highest BCUT2D eigenvalue weighted by atomic mass is 16.4. The molecule has 106 valence electrons. The molecule has 5 nitrogen and oxygen atoms in total. The van der Waals surface area contributed by atoms with E-state index in [1.54, 1.807) is 18.5 Å². The molecule has 2 unspecified atom stereocenters. The Bertz CT molecular complexity index is 635. The molecule has 3 rings (SSSR count). The molecular weight excluding hydrogens is 256 g/mol. The van der Waals surface area contributed by atoms with Crippen molar-refractivity contribution < 1.29 is 15.0 Å². The summed E-state index contributed by atoms with van der Waals surface area (Å²) in [6.07, 6.45) is 5.26. The number of aromatic carboxylic acids is 1. The SMILES string of the molecule is O=C(O)c1cccc2ncn(CC3CCCC(O)C3)c12. The maximum atomic E-state index is 11.3. The molecule has 2 aromatic rings. The van der Waals surface area contributed by atoms with Crippen LogP contribution in [0.1, 0.15) is 36.0 Å². The van der Waals surface area contributed by atoms with Gasteiger partial charge < -0.3 is 14.8 Å². The maximum absolute atomic E-state index is 11.3. The summed E-state index contributed by atoms with van der Waals surface area (Å²) in [7, 11) is 0. The van der Waals surface area contributed by atoms with Gasteiger partial charge in [0, 0.05) is 6.54 Å². The molecule has 1 saturated carbocycles. The zero-order valence-corrected chi connectivity index (χ0v) is 11.2. The van der Waals surface area contributed by atoms with Crippen LogP contribution < -0.4 is 0 Å². The van der Waals surface area contributed by atoms with Crippen molar-refractivity contribution in [1.82, 2.24) is 9.55 Å². The molecule has 1 aliphatic rings. The van der Waals surface area contributed by atoms with Crippen LogP contribution in [-0.4, -0.2) is 31.8 Å². The van der Waals surface area contributed by atoms with Crippen LogP contribution >= 0.6 is 0 Å². The lowest BCUT2D eigenvalue weighted by Gasteiger charge is -2.26. The van der Waals surface area contributed by atoms with Gasteiger partial charge in [0.15, 0.2) is 0 Å². The Balaban J connectivity index is 1.93. The zero-order chi connectivity index (χ0) is 14.1. The highest BCUT2D eigenvalue weighted by Gasteiger charge is 2.22. The van der Waals surface area contributed by atoms with E-state index in [0.717, 1.165) is 32.2 Å². The minimum Gasteiger partial charge on any atom is -0.478 e. The molecule has 0 spiro atoms. The summed E-state index contributed by atoms with van der Waals surface area (Å²) in [6, 6.07) is 5.15. The standard InChI is InChI=1S/C15H18N2O3/c18-11-4-1-3-10(7-11)8-17-9-16-13-6-2-5-12(14(13)17)15(19)20/h2,5-6,9-11,18H,1,3-4,7-8H2,(H,19,20). The van der Waals surface area contributed by atoms with Gasteiger partial charge in [0.1, 0.15) is 0 Å². The summed E-state index contributed by atoms with van der Waals surface area (Å²) in [4.78, 5) is 15.6. The number of imidazole rings is 1.